The summed E-state index contributed by atoms with van der Waals surface area (Å²) in [6.45, 7) is 12.3. The van der Waals surface area contributed by atoms with Crippen LogP contribution in [0.1, 0.15) is 50.2 Å². The van der Waals surface area contributed by atoms with Gasteiger partial charge in [0.2, 0.25) is 0 Å². The van der Waals surface area contributed by atoms with Gasteiger partial charge in [-0.05, 0) is 58.7 Å². The molecule has 4 heteroatoms. The first-order valence-electron chi connectivity index (χ1n) is 7.24. The maximum Gasteiger partial charge on any atom is 0.182 e. The summed E-state index contributed by atoms with van der Waals surface area (Å²) in [5.74, 6) is 0.659. The van der Waals surface area contributed by atoms with Crippen molar-refractivity contribution in [2.45, 2.75) is 52.7 Å². The summed E-state index contributed by atoms with van der Waals surface area (Å²) in [6, 6.07) is 6.24. The van der Waals surface area contributed by atoms with Gasteiger partial charge in [-0.25, -0.2) is 4.98 Å². The fourth-order valence-electron chi connectivity index (χ4n) is 2.89. The molecule has 0 saturated carbocycles. The molecule has 1 aliphatic heterocycles. The molecule has 0 atom stereocenters. The molecule has 0 unspecified atom stereocenters. The minimum Gasteiger partial charge on any atom is -0.357 e. The molecule has 0 bridgehead atoms. The van der Waals surface area contributed by atoms with E-state index in [1.807, 2.05) is 33.8 Å². The van der Waals surface area contributed by atoms with Crippen LogP contribution in [0.25, 0.3) is 11.4 Å². The number of hydrogen-bond acceptors (Lipinski definition) is 4. The molecule has 3 rings (SSSR count). The lowest BCUT2D eigenvalue weighted by Gasteiger charge is -2.23. The van der Waals surface area contributed by atoms with Gasteiger partial charge in [0.05, 0.1) is 0 Å². The maximum atomic E-state index is 6.08. The summed E-state index contributed by atoms with van der Waals surface area (Å²) < 4.78 is 6.08. The highest BCUT2D eigenvalue weighted by Gasteiger charge is 2.46. The minimum atomic E-state index is -0.444. The zero-order chi connectivity index (χ0) is 15.4. The van der Waals surface area contributed by atoms with Crippen LogP contribution in [0.2, 0.25) is 0 Å². The van der Waals surface area contributed by atoms with Crippen molar-refractivity contribution < 1.29 is 4.74 Å². The highest BCUT2D eigenvalue weighted by molar-refractivity contribution is 5.57. The molecule has 0 saturated heterocycles. The molecule has 1 aromatic carbocycles. The van der Waals surface area contributed by atoms with Crippen molar-refractivity contribution in [3.8, 4) is 11.4 Å². The summed E-state index contributed by atoms with van der Waals surface area (Å²) in [4.78, 5) is 4.74. The van der Waals surface area contributed by atoms with Gasteiger partial charge in [-0.15, -0.1) is 10.2 Å². The van der Waals surface area contributed by atoms with Crippen LogP contribution in [0, 0.1) is 13.8 Å². The number of benzene rings is 1. The summed E-state index contributed by atoms with van der Waals surface area (Å²) in [6.07, 6.45) is 0. The first-order valence-corrected chi connectivity index (χ1v) is 7.24. The Morgan fingerprint density at radius 2 is 1.52 bits per heavy atom. The molecule has 0 spiro atoms. The normalized spacial score (nSPS) is 18.6. The van der Waals surface area contributed by atoms with E-state index in [-0.39, 0.29) is 0 Å². The lowest BCUT2D eigenvalue weighted by Crippen LogP contribution is -2.23. The van der Waals surface area contributed by atoms with Gasteiger partial charge >= 0.3 is 0 Å². The molecule has 0 amide bonds. The van der Waals surface area contributed by atoms with Crippen molar-refractivity contribution in [1.29, 1.82) is 0 Å². The first-order chi connectivity index (χ1) is 9.71. The van der Waals surface area contributed by atoms with Crippen molar-refractivity contribution in [3.05, 3.63) is 40.7 Å². The molecule has 0 aliphatic carbocycles. The average Bonchev–Trinajstić information content (AvgIpc) is 2.58. The van der Waals surface area contributed by atoms with Crippen LogP contribution in [0.5, 0.6) is 0 Å². The molecule has 2 heterocycles. The molecule has 0 N–H and O–H groups in total. The molecule has 0 fully saturated rings. The number of aromatic nitrogens is 3. The Kier molecular flexibility index (Phi) is 2.92. The Morgan fingerprint density at radius 1 is 0.857 bits per heavy atom. The van der Waals surface area contributed by atoms with Crippen LogP contribution in [-0.4, -0.2) is 15.2 Å². The van der Waals surface area contributed by atoms with E-state index in [0.29, 0.717) is 5.82 Å². The molecule has 2 aromatic rings. The van der Waals surface area contributed by atoms with Crippen molar-refractivity contribution >= 4 is 0 Å². The molecule has 21 heavy (non-hydrogen) atoms. The predicted octanol–water partition coefficient (Wildman–Crippen LogP) is 3.66. The van der Waals surface area contributed by atoms with E-state index >= 15 is 0 Å². The molecule has 1 aromatic heterocycles. The fourth-order valence-corrected chi connectivity index (χ4v) is 2.89. The summed E-state index contributed by atoms with van der Waals surface area (Å²) >= 11 is 0. The van der Waals surface area contributed by atoms with Gasteiger partial charge in [0, 0.05) is 5.56 Å². The Bertz CT molecular complexity index is 720. The Morgan fingerprint density at radius 3 is 2.19 bits per heavy atom. The van der Waals surface area contributed by atoms with Gasteiger partial charge in [0.25, 0.3) is 0 Å². The second-order valence-electron chi connectivity index (χ2n) is 6.75. The molecule has 110 valence electrons. The first kappa shape index (κ1) is 14.1. The van der Waals surface area contributed by atoms with Gasteiger partial charge < -0.3 is 4.74 Å². The Hall–Kier alpha value is -1.81. The number of rotatable bonds is 1. The monoisotopic (exact) mass is 283 g/mol. The smallest absolute Gasteiger partial charge is 0.182 e. The van der Waals surface area contributed by atoms with Crippen molar-refractivity contribution in [2.24, 2.45) is 0 Å². The Balaban J connectivity index is 2.14. The zero-order valence-electron chi connectivity index (χ0n) is 13.5. The van der Waals surface area contributed by atoms with E-state index < -0.39 is 11.2 Å². The van der Waals surface area contributed by atoms with E-state index in [4.69, 9.17) is 9.72 Å². The number of nitrogens with zero attached hydrogens (tertiary/aromatic N) is 3. The second-order valence-corrected chi connectivity index (χ2v) is 6.75. The van der Waals surface area contributed by atoms with Gasteiger partial charge in [-0.1, -0.05) is 12.1 Å². The highest BCUT2D eigenvalue weighted by atomic mass is 16.5. The van der Waals surface area contributed by atoms with Gasteiger partial charge in [-0.2, -0.15) is 0 Å². The predicted molar refractivity (Wildman–Crippen MR) is 81.9 cm³/mol. The lowest BCUT2D eigenvalue weighted by atomic mass is 10.0. The maximum absolute atomic E-state index is 6.08. The third-order valence-electron chi connectivity index (χ3n) is 4.10. The number of ether oxygens (including phenoxy) is 1. The van der Waals surface area contributed by atoms with Crippen molar-refractivity contribution in [3.63, 3.8) is 0 Å². The molecular weight excluding hydrogens is 262 g/mol. The average molecular weight is 283 g/mol. The van der Waals surface area contributed by atoms with E-state index in [9.17, 15) is 0 Å². The SMILES string of the molecule is Cc1ccc(-c2nnc3c(n2)C(C)(C)OC3(C)C)cc1C. The van der Waals surface area contributed by atoms with Crippen LogP contribution < -0.4 is 0 Å². The summed E-state index contributed by atoms with van der Waals surface area (Å²) in [7, 11) is 0. The quantitative estimate of drug-likeness (QED) is 0.801. The standard InChI is InChI=1S/C17H21N3O/c1-10-7-8-12(9-11(10)2)15-18-13-14(19-20-15)17(5,6)21-16(13,3)4/h7-9H,1-6H3. The zero-order valence-corrected chi connectivity index (χ0v) is 13.5. The second kappa shape index (κ2) is 4.34. The minimum absolute atomic E-state index is 0.441. The van der Waals surface area contributed by atoms with Gasteiger partial charge in [-0.3, -0.25) is 0 Å². The van der Waals surface area contributed by atoms with Crippen molar-refractivity contribution in [2.75, 3.05) is 0 Å². The number of fused-ring (bicyclic) bond motifs is 1. The van der Waals surface area contributed by atoms with E-state index in [1.165, 1.54) is 11.1 Å². The van der Waals surface area contributed by atoms with Crippen molar-refractivity contribution in [1.82, 2.24) is 15.2 Å². The Labute approximate surface area is 125 Å². The van der Waals surface area contributed by atoms with Gasteiger partial charge in [0.1, 0.15) is 22.6 Å². The lowest BCUT2D eigenvalue weighted by molar-refractivity contribution is -0.107. The third kappa shape index (κ3) is 2.23. The van der Waals surface area contributed by atoms with Gasteiger partial charge in [0.15, 0.2) is 5.82 Å². The van der Waals surface area contributed by atoms with Crippen LogP contribution in [0.15, 0.2) is 18.2 Å². The van der Waals surface area contributed by atoms with Crippen LogP contribution in [0.3, 0.4) is 0 Å². The van der Waals surface area contributed by atoms with E-state index in [1.54, 1.807) is 0 Å². The molecular formula is C17H21N3O. The molecule has 0 radical (unpaired) electrons. The van der Waals surface area contributed by atoms with Crippen LogP contribution in [0.4, 0.5) is 0 Å². The fraction of sp³-hybridized carbons (Fsp3) is 0.471. The van der Waals surface area contributed by atoms with Crippen LogP contribution >= 0.6 is 0 Å². The third-order valence-corrected chi connectivity index (χ3v) is 4.10. The number of hydrogen-bond donors (Lipinski definition) is 0. The molecule has 4 nitrogen and oxygen atoms in total. The largest absolute Gasteiger partial charge is 0.357 e. The van der Waals surface area contributed by atoms with E-state index in [0.717, 1.165) is 17.0 Å². The van der Waals surface area contributed by atoms with Crippen LogP contribution in [-0.2, 0) is 15.9 Å². The van der Waals surface area contributed by atoms with E-state index in [2.05, 4.69) is 36.2 Å². The topological polar surface area (TPSA) is 47.9 Å². The summed E-state index contributed by atoms with van der Waals surface area (Å²) in [5.41, 5.74) is 4.32. The highest BCUT2D eigenvalue weighted by Crippen LogP contribution is 2.44. The molecule has 1 aliphatic rings. The number of aryl methyl sites for hydroxylation is 2. The summed E-state index contributed by atoms with van der Waals surface area (Å²) in [5, 5.41) is 8.71.